The van der Waals surface area contributed by atoms with Gasteiger partial charge in [-0.2, -0.15) is 0 Å². The fraction of sp³-hybridized carbons (Fsp3) is 0.381. The number of rotatable bonds is 3. The molecule has 0 amide bonds. The van der Waals surface area contributed by atoms with E-state index in [-0.39, 0.29) is 28.0 Å². The molecule has 1 saturated heterocycles. The van der Waals surface area contributed by atoms with Crippen LogP contribution in [0.4, 0.5) is 0 Å². The number of benzene rings is 2. The Kier molecular flexibility index (Phi) is 5.27. The minimum absolute atomic E-state index is 0.0843. The summed E-state index contributed by atoms with van der Waals surface area (Å²) in [5.41, 5.74) is 0.609. The van der Waals surface area contributed by atoms with Crippen LogP contribution in [-0.4, -0.2) is 78.7 Å². The van der Waals surface area contributed by atoms with Gasteiger partial charge in [0.05, 0.1) is 30.4 Å². The minimum atomic E-state index is -1.64. The van der Waals surface area contributed by atoms with Crippen LogP contribution in [-0.2, 0) is 11.3 Å². The highest BCUT2D eigenvalue weighted by atomic mass is 16.5. The van der Waals surface area contributed by atoms with Crippen molar-refractivity contribution in [2.45, 2.75) is 43.0 Å². The smallest absolute Gasteiger partial charge is 0.201 e. The van der Waals surface area contributed by atoms with Crippen molar-refractivity contribution in [2.75, 3.05) is 6.61 Å². The van der Waals surface area contributed by atoms with E-state index in [0.717, 1.165) is 0 Å². The van der Waals surface area contributed by atoms with Crippen LogP contribution >= 0.6 is 0 Å². The molecule has 9 heteroatoms. The monoisotopic (exact) mass is 418 g/mol. The molecular formula is C21H22O9. The molecule has 9 nitrogen and oxygen atoms in total. The van der Waals surface area contributed by atoms with Gasteiger partial charge < -0.3 is 40.5 Å². The van der Waals surface area contributed by atoms with Gasteiger partial charge in [-0.3, -0.25) is 4.79 Å². The average molecular weight is 418 g/mol. The number of aliphatic hydroxyl groups excluding tert-OH is 5. The number of aliphatic hydroxyl groups is 5. The lowest BCUT2D eigenvalue weighted by atomic mass is 9.71. The summed E-state index contributed by atoms with van der Waals surface area (Å²) in [7, 11) is 0. The Morgan fingerprint density at radius 3 is 2.23 bits per heavy atom. The van der Waals surface area contributed by atoms with E-state index in [0.29, 0.717) is 5.56 Å². The SMILES string of the molecule is O=C1c2c(O)cccc2[C@@H]([C@H]2O[C@@H](CO)[C@@H](O)[C@@H](O)[C@@H]2O)c2cc(CO)cc(O)c21. The van der Waals surface area contributed by atoms with Crippen LogP contribution in [0.5, 0.6) is 11.5 Å². The molecule has 2 aromatic carbocycles. The van der Waals surface area contributed by atoms with Gasteiger partial charge in [-0.05, 0) is 28.8 Å². The standard InChI is InChI=1S/C21H22O9/c22-6-8-4-10-14(21-20(29)19(28)17(26)13(7-23)30-21)9-2-1-3-11(24)15(9)18(27)16(10)12(25)5-8/h1-5,13-14,17,19-26,28-29H,6-7H2/t13-,14+,17+,19+,20-,21+/m0/s1. The molecule has 1 aliphatic carbocycles. The highest BCUT2D eigenvalue weighted by Crippen LogP contribution is 2.47. The summed E-state index contributed by atoms with van der Waals surface area (Å²) >= 11 is 0. The van der Waals surface area contributed by atoms with Gasteiger partial charge in [0.1, 0.15) is 35.9 Å². The number of ketones is 1. The molecule has 0 bridgehead atoms. The molecule has 0 unspecified atom stereocenters. The number of hydrogen-bond acceptors (Lipinski definition) is 9. The van der Waals surface area contributed by atoms with Crippen molar-refractivity contribution < 1.29 is 45.3 Å². The summed E-state index contributed by atoms with van der Waals surface area (Å²) in [6, 6.07) is 7.06. The molecule has 1 heterocycles. The number of phenolic OH excluding ortho intramolecular Hbond substituents is 2. The van der Waals surface area contributed by atoms with Gasteiger partial charge in [-0.15, -0.1) is 0 Å². The number of ether oxygens (including phenoxy) is 1. The molecule has 7 N–H and O–H groups in total. The summed E-state index contributed by atoms with van der Waals surface area (Å²) in [4.78, 5) is 13.1. The quantitative estimate of drug-likeness (QED) is 0.334. The van der Waals surface area contributed by atoms with E-state index in [1.54, 1.807) is 6.07 Å². The van der Waals surface area contributed by atoms with Gasteiger partial charge in [0, 0.05) is 5.92 Å². The molecule has 0 saturated carbocycles. The Hall–Kier alpha value is -2.53. The fourth-order valence-electron chi connectivity index (χ4n) is 4.41. The first-order valence-electron chi connectivity index (χ1n) is 9.43. The lowest BCUT2D eigenvalue weighted by Crippen LogP contribution is -2.60. The second-order valence-electron chi connectivity index (χ2n) is 7.58. The first-order chi connectivity index (χ1) is 14.3. The van der Waals surface area contributed by atoms with Crippen LogP contribution in [0.1, 0.15) is 38.5 Å². The average Bonchev–Trinajstić information content (AvgIpc) is 2.73. The van der Waals surface area contributed by atoms with Crippen LogP contribution in [0.25, 0.3) is 0 Å². The van der Waals surface area contributed by atoms with Crippen molar-refractivity contribution in [2.24, 2.45) is 0 Å². The Morgan fingerprint density at radius 1 is 0.867 bits per heavy atom. The third-order valence-corrected chi connectivity index (χ3v) is 5.85. The van der Waals surface area contributed by atoms with Gasteiger partial charge in [0.15, 0.2) is 0 Å². The van der Waals surface area contributed by atoms with Crippen molar-refractivity contribution in [1.82, 2.24) is 0 Å². The summed E-state index contributed by atoms with van der Waals surface area (Å²) in [6.45, 7) is -1.06. The Balaban J connectivity index is 1.96. The number of carbonyl (C=O) groups excluding carboxylic acids is 1. The number of fused-ring (bicyclic) bond motifs is 2. The summed E-state index contributed by atoms with van der Waals surface area (Å²) in [5, 5.41) is 71.0. The molecule has 30 heavy (non-hydrogen) atoms. The summed E-state index contributed by atoms with van der Waals surface area (Å²) in [6.07, 6.45) is -7.22. The normalized spacial score (nSPS) is 30.6. The minimum Gasteiger partial charge on any atom is -0.507 e. The molecule has 2 aliphatic rings. The second kappa shape index (κ2) is 7.62. The van der Waals surface area contributed by atoms with Gasteiger partial charge in [-0.1, -0.05) is 18.2 Å². The van der Waals surface area contributed by atoms with Crippen LogP contribution in [0.2, 0.25) is 0 Å². The molecule has 0 aromatic heterocycles. The van der Waals surface area contributed by atoms with Gasteiger partial charge >= 0.3 is 0 Å². The molecule has 2 aromatic rings. The predicted molar refractivity (Wildman–Crippen MR) is 101 cm³/mol. The molecule has 160 valence electrons. The van der Waals surface area contributed by atoms with E-state index in [4.69, 9.17) is 4.74 Å². The first-order valence-corrected chi connectivity index (χ1v) is 9.43. The van der Waals surface area contributed by atoms with Gasteiger partial charge in [0.2, 0.25) is 5.78 Å². The predicted octanol–water partition coefficient (Wildman–Crippen LogP) is -0.891. The van der Waals surface area contributed by atoms with Crippen LogP contribution < -0.4 is 0 Å². The molecule has 0 radical (unpaired) electrons. The highest BCUT2D eigenvalue weighted by molar-refractivity contribution is 6.16. The van der Waals surface area contributed by atoms with Crippen molar-refractivity contribution in [3.05, 3.63) is 58.1 Å². The van der Waals surface area contributed by atoms with E-state index in [9.17, 15) is 40.5 Å². The molecule has 4 rings (SSSR count). The molecule has 0 spiro atoms. The lowest BCUT2D eigenvalue weighted by molar-refractivity contribution is -0.232. The van der Waals surface area contributed by atoms with Gasteiger partial charge in [0.25, 0.3) is 0 Å². The van der Waals surface area contributed by atoms with E-state index in [1.807, 2.05) is 0 Å². The third-order valence-electron chi connectivity index (χ3n) is 5.85. The summed E-state index contributed by atoms with van der Waals surface area (Å²) < 4.78 is 5.73. The van der Waals surface area contributed by atoms with E-state index < -0.39 is 61.2 Å². The van der Waals surface area contributed by atoms with Crippen LogP contribution in [0.3, 0.4) is 0 Å². The zero-order valence-electron chi connectivity index (χ0n) is 15.7. The number of phenols is 2. The zero-order valence-corrected chi connectivity index (χ0v) is 15.7. The third kappa shape index (κ3) is 2.99. The maximum absolute atomic E-state index is 13.1. The van der Waals surface area contributed by atoms with Crippen molar-refractivity contribution >= 4 is 5.78 Å². The lowest BCUT2D eigenvalue weighted by Gasteiger charge is -2.45. The highest BCUT2D eigenvalue weighted by Gasteiger charge is 2.50. The van der Waals surface area contributed by atoms with Crippen molar-refractivity contribution in [3.8, 4) is 11.5 Å². The fourth-order valence-corrected chi connectivity index (χ4v) is 4.41. The second-order valence-corrected chi connectivity index (χ2v) is 7.58. The Bertz CT molecular complexity index is 987. The largest absolute Gasteiger partial charge is 0.507 e. The summed E-state index contributed by atoms with van der Waals surface area (Å²) in [5.74, 6) is -2.34. The molecule has 1 fully saturated rings. The number of carbonyl (C=O) groups is 1. The first kappa shape index (κ1) is 20.7. The number of aromatic hydroxyl groups is 2. The van der Waals surface area contributed by atoms with E-state index >= 15 is 0 Å². The topological polar surface area (TPSA) is 168 Å². The van der Waals surface area contributed by atoms with Crippen LogP contribution in [0, 0.1) is 0 Å². The number of hydrogen-bond donors (Lipinski definition) is 7. The Labute approximate surface area is 171 Å². The van der Waals surface area contributed by atoms with E-state index in [2.05, 4.69) is 0 Å². The van der Waals surface area contributed by atoms with Gasteiger partial charge in [-0.25, -0.2) is 0 Å². The Morgan fingerprint density at radius 2 is 1.57 bits per heavy atom. The van der Waals surface area contributed by atoms with Crippen LogP contribution in [0.15, 0.2) is 30.3 Å². The zero-order chi connectivity index (χ0) is 21.7. The van der Waals surface area contributed by atoms with Crippen molar-refractivity contribution in [3.63, 3.8) is 0 Å². The molecular weight excluding hydrogens is 396 g/mol. The maximum atomic E-state index is 13.1. The van der Waals surface area contributed by atoms with E-state index in [1.165, 1.54) is 24.3 Å². The molecule has 1 aliphatic heterocycles. The van der Waals surface area contributed by atoms with Crippen molar-refractivity contribution in [1.29, 1.82) is 0 Å². The molecule has 6 atom stereocenters. The maximum Gasteiger partial charge on any atom is 0.201 e.